The first-order valence-corrected chi connectivity index (χ1v) is 8.30. The molecular weight excluding hydrogens is 346 g/mol. The highest BCUT2D eigenvalue weighted by molar-refractivity contribution is 6.13. The van der Waals surface area contributed by atoms with Crippen LogP contribution in [0.25, 0.3) is 10.9 Å². The number of fused-ring (bicyclic) bond motifs is 1. The molecule has 0 aliphatic rings. The van der Waals surface area contributed by atoms with E-state index in [4.69, 9.17) is 11.5 Å². The molecule has 8 heteroatoms. The quantitative estimate of drug-likeness (QED) is 0.454. The summed E-state index contributed by atoms with van der Waals surface area (Å²) in [6.45, 7) is 0.493. The highest BCUT2D eigenvalue weighted by Crippen LogP contribution is 2.26. The molecule has 0 aliphatic carbocycles. The van der Waals surface area contributed by atoms with Gasteiger partial charge in [0.05, 0.1) is 5.56 Å². The van der Waals surface area contributed by atoms with Crippen molar-refractivity contribution in [1.29, 1.82) is 0 Å². The van der Waals surface area contributed by atoms with Crippen molar-refractivity contribution in [3.8, 4) is 0 Å². The van der Waals surface area contributed by atoms with Crippen molar-refractivity contribution < 1.29 is 14.4 Å². The number of aromatic nitrogens is 1. The lowest BCUT2D eigenvalue weighted by molar-refractivity contribution is 0.0953. The molecule has 0 bridgehead atoms. The number of carbonyl (C=O) groups is 3. The first-order chi connectivity index (χ1) is 13.0. The summed E-state index contributed by atoms with van der Waals surface area (Å²) < 4.78 is 0. The average molecular weight is 365 g/mol. The van der Waals surface area contributed by atoms with E-state index in [-0.39, 0.29) is 17.3 Å². The van der Waals surface area contributed by atoms with Crippen molar-refractivity contribution in [2.24, 2.45) is 11.5 Å². The molecule has 0 fully saturated rings. The van der Waals surface area contributed by atoms with Crippen LogP contribution < -0.4 is 22.1 Å². The van der Waals surface area contributed by atoms with Gasteiger partial charge in [-0.15, -0.1) is 0 Å². The van der Waals surface area contributed by atoms with Gasteiger partial charge < -0.3 is 21.8 Å². The van der Waals surface area contributed by atoms with Crippen LogP contribution in [0.4, 0.5) is 10.6 Å². The Hall–Kier alpha value is -3.81. The fourth-order valence-corrected chi connectivity index (χ4v) is 2.88. The lowest BCUT2D eigenvalue weighted by atomic mass is 10.1. The van der Waals surface area contributed by atoms with Gasteiger partial charge in [-0.25, -0.2) is 4.79 Å². The third-order valence-electron chi connectivity index (χ3n) is 4.10. The summed E-state index contributed by atoms with van der Waals surface area (Å²) in [5.41, 5.74) is 12.6. The van der Waals surface area contributed by atoms with Crippen LogP contribution in [0.15, 0.2) is 48.5 Å². The molecule has 4 amide bonds. The molecule has 0 atom stereocenters. The van der Waals surface area contributed by atoms with E-state index in [0.29, 0.717) is 23.0 Å². The van der Waals surface area contributed by atoms with Crippen LogP contribution in [0.3, 0.4) is 0 Å². The first kappa shape index (κ1) is 18.0. The zero-order valence-electron chi connectivity index (χ0n) is 14.4. The molecule has 0 saturated heterocycles. The maximum absolute atomic E-state index is 12.4. The molecule has 27 heavy (non-hydrogen) atoms. The van der Waals surface area contributed by atoms with Crippen molar-refractivity contribution in [2.45, 2.75) is 6.42 Å². The van der Waals surface area contributed by atoms with Crippen molar-refractivity contribution in [3.05, 3.63) is 65.2 Å². The zero-order valence-corrected chi connectivity index (χ0v) is 14.4. The van der Waals surface area contributed by atoms with Crippen LogP contribution in [0.2, 0.25) is 0 Å². The van der Waals surface area contributed by atoms with E-state index in [9.17, 15) is 14.4 Å². The van der Waals surface area contributed by atoms with E-state index in [1.807, 2.05) is 30.3 Å². The molecule has 8 nitrogen and oxygen atoms in total. The Morgan fingerprint density at radius 1 is 1.00 bits per heavy atom. The largest absolute Gasteiger partial charge is 0.365 e. The predicted octanol–water partition coefficient (Wildman–Crippen LogP) is 1.73. The lowest BCUT2D eigenvalue weighted by Crippen LogP contribution is -2.25. The second-order valence-electron chi connectivity index (χ2n) is 5.98. The number of benzene rings is 2. The zero-order chi connectivity index (χ0) is 19.4. The van der Waals surface area contributed by atoms with Gasteiger partial charge in [0.1, 0.15) is 5.82 Å². The number of hydrogen-bond acceptors (Lipinski definition) is 3. The highest BCUT2D eigenvalue weighted by Gasteiger charge is 2.18. The van der Waals surface area contributed by atoms with Gasteiger partial charge in [-0.1, -0.05) is 36.4 Å². The predicted molar refractivity (Wildman–Crippen MR) is 103 cm³/mol. The van der Waals surface area contributed by atoms with E-state index in [2.05, 4.69) is 15.6 Å². The van der Waals surface area contributed by atoms with Gasteiger partial charge >= 0.3 is 6.03 Å². The fourth-order valence-electron chi connectivity index (χ4n) is 2.88. The van der Waals surface area contributed by atoms with Crippen LogP contribution in [-0.4, -0.2) is 29.4 Å². The number of primary amides is 2. The summed E-state index contributed by atoms with van der Waals surface area (Å²) >= 11 is 0. The smallest absolute Gasteiger partial charge is 0.317 e. The number of H-pyrrole nitrogens is 1. The minimum Gasteiger partial charge on any atom is -0.365 e. The Morgan fingerprint density at radius 3 is 2.41 bits per heavy atom. The van der Waals surface area contributed by atoms with Crippen molar-refractivity contribution >= 4 is 34.6 Å². The van der Waals surface area contributed by atoms with E-state index in [1.165, 1.54) is 0 Å². The number of carbonyl (C=O) groups excluding carboxylic acids is 3. The summed E-state index contributed by atoms with van der Waals surface area (Å²) in [6, 6.07) is 13.8. The monoisotopic (exact) mass is 365 g/mol. The van der Waals surface area contributed by atoms with E-state index >= 15 is 0 Å². The maximum atomic E-state index is 12.4. The summed E-state index contributed by atoms with van der Waals surface area (Å²) in [5.74, 6) is -0.857. The molecule has 0 radical (unpaired) electrons. The Kier molecular flexibility index (Phi) is 5.07. The highest BCUT2D eigenvalue weighted by atomic mass is 16.2. The number of aromatic amines is 1. The number of anilines is 1. The third-order valence-corrected chi connectivity index (χ3v) is 4.10. The maximum Gasteiger partial charge on any atom is 0.317 e. The second-order valence-corrected chi connectivity index (χ2v) is 5.98. The van der Waals surface area contributed by atoms with Crippen LogP contribution >= 0.6 is 0 Å². The Balaban J connectivity index is 1.78. The molecule has 1 aromatic heterocycles. The summed E-state index contributed by atoms with van der Waals surface area (Å²) in [6.07, 6.45) is 0.718. The summed E-state index contributed by atoms with van der Waals surface area (Å²) in [4.78, 5) is 38.0. The second kappa shape index (κ2) is 7.61. The molecule has 0 aliphatic heterocycles. The normalized spacial score (nSPS) is 10.5. The molecule has 7 N–H and O–H groups in total. The number of amides is 4. The Labute approximate surface area is 154 Å². The SMILES string of the molecule is NC(=O)Nc1[nH]c2cc(C(=O)NCCc3ccccc3)ccc2c1C(N)=O. The van der Waals surface area contributed by atoms with Gasteiger partial charge in [0.25, 0.3) is 11.8 Å². The molecule has 2 aromatic carbocycles. The molecule has 0 saturated carbocycles. The number of hydrogen-bond donors (Lipinski definition) is 5. The number of urea groups is 1. The average Bonchev–Trinajstić information content (AvgIpc) is 2.98. The molecule has 3 rings (SSSR count). The van der Waals surface area contributed by atoms with Crippen LogP contribution in [0.5, 0.6) is 0 Å². The molecule has 3 aromatic rings. The number of nitrogens with two attached hydrogens (primary N) is 2. The van der Waals surface area contributed by atoms with Crippen LogP contribution in [0, 0.1) is 0 Å². The van der Waals surface area contributed by atoms with Crippen LogP contribution in [0.1, 0.15) is 26.3 Å². The Morgan fingerprint density at radius 2 is 1.74 bits per heavy atom. The van der Waals surface area contributed by atoms with Crippen molar-refractivity contribution in [3.63, 3.8) is 0 Å². The molecule has 0 unspecified atom stereocenters. The standard InChI is InChI=1S/C19H19N5O3/c20-16(25)15-13-7-6-12(10-14(13)23-17(15)24-19(21)27)18(26)22-9-8-11-4-2-1-3-5-11/h1-7,10,23H,8-9H2,(H2,20,25)(H,22,26)(H3,21,24,27). The van der Waals surface area contributed by atoms with E-state index in [0.717, 1.165) is 12.0 Å². The minimum atomic E-state index is -0.831. The minimum absolute atomic E-state index is 0.103. The van der Waals surface area contributed by atoms with Crippen molar-refractivity contribution in [2.75, 3.05) is 11.9 Å². The summed E-state index contributed by atoms with van der Waals surface area (Å²) in [5, 5.41) is 5.67. The van der Waals surface area contributed by atoms with Crippen molar-refractivity contribution in [1.82, 2.24) is 10.3 Å². The topological polar surface area (TPSA) is 143 Å². The molecule has 1 heterocycles. The van der Waals surface area contributed by atoms with Gasteiger partial charge in [-0.2, -0.15) is 0 Å². The van der Waals surface area contributed by atoms with Gasteiger partial charge in [0.15, 0.2) is 0 Å². The molecular formula is C19H19N5O3. The third kappa shape index (κ3) is 4.06. The van der Waals surface area contributed by atoms with E-state index < -0.39 is 11.9 Å². The van der Waals surface area contributed by atoms with Gasteiger partial charge in [0, 0.05) is 23.0 Å². The van der Waals surface area contributed by atoms with Gasteiger partial charge in [-0.3, -0.25) is 14.9 Å². The first-order valence-electron chi connectivity index (χ1n) is 8.30. The number of nitrogens with one attached hydrogen (secondary N) is 3. The van der Waals surface area contributed by atoms with E-state index in [1.54, 1.807) is 18.2 Å². The van der Waals surface area contributed by atoms with Crippen LogP contribution in [-0.2, 0) is 6.42 Å². The summed E-state index contributed by atoms with van der Waals surface area (Å²) in [7, 11) is 0. The molecule has 138 valence electrons. The number of rotatable bonds is 6. The Bertz CT molecular complexity index is 1010. The van der Waals surface area contributed by atoms with Gasteiger partial charge in [0.2, 0.25) is 0 Å². The van der Waals surface area contributed by atoms with Gasteiger partial charge in [-0.05, 0) is 24.1 Å². The molecule has 0 spiro atoms. The fraction of sp³-hybridized carbons (Fsp3) is 0.105. The lowest BCUT2D eigenvalue weighted by Gasteiger charge is -2.06.